The van der Waals surface area contributed by atoms with E-state index in [2.05, 4.69) is 27.7 Å². The van der Waals surface area contributed by atoms with Crippen LogP contribution in [0.5, 0.6) is 0 Å². The molecule has 0 bridgehead atoms. The standard InChI is InChI=1S/C20H33N5O/c1-16-14-19(22-20(21-16)24-9-4-3-5-10-24)23-11-6-17(7-12-23)25-13-8-18(15-25)26-2/h14,17-18H,3-13,15H2,1-2H3/t18-/m0/s1. The lowest BCUT2D eigenvalue weighted by Crippen LogP contribution is -2.44. The summed E-state index contributed by atoms with van der Waals surface area (Å²) in [4.78, 5) is 17.1. The van der Waals surface area contributed by atoms with Gasteiger partial charge in [-0.3, -0.25) is 4.90 Å². The van der Waals surface area contributed by atoms with Gasteiger partial charge in [0.05, 0.1) is 6.10 Å². The Hall–Kier alpha value is -1.40. The molecule has 4 heterocycles. The van der Waals surface area contributed by atoms with Gasteiger partial charge in [0.25, 0.3) is 0 Å². The highest BCUT2D eigenvalue weighted by molar-refractivity contribution is 5.46. The second kappa shape index (κ2) is 8.09. The Bertz CT molecular complexity index is 596. The molecular weight excluding hydrogens is 326 g/mol. The number of methoxy groups -OCH3 is 1. The highest BCUT2D eigenvalue weighted by Gasteiger charge is 2.31. The maximum absolute atomic E-state index is 5.53. The van der Waals surface area contributed by atoms with Gasteiger partial charge in [-0.05, 0) is 45.4 Å². The van der Waals surface area contributed by atoms with Crippen molar-refractivity contribution < 1.29 is 4.74 Å². The fraction of sp³-hybridized carbons (Fsp3) is 0.800. The van der Waals surface area contributed by atoms with Crippen molar-refractivity contribution in [3.8, 4) is 0 Å². The molecule has 3 fully saturated rings. The second-order valence-corrected chi connectivity index (χ2v) is 8.07. The molecule has 144 valence electrons. The molecule has 3 saturated heterocycles. The smallest absolute Gasteiger partial charge is 0.227 e. The maximum atomic E-state index is 5.53. The van der Waals surface area contributed by atoms with Gasteiger partial charge < -0.3 is 14.5 Å². The highest BCUT2D eigenvalue weighted by atomic mass is 16.5. The Labute approximate surface area is 157 Å². The average Bonchev–Trinajstić information content (AvgIpc) is 3.18. The van der Waals surface area contributed by atoms with Gasteiger partial charge in [0.15, 0.2) is 0 Å². The predicted molar refractivity (Wildman–Crippen MR) is 105 cm³/mol. The molecule has 26 heavy (non-hydrogen) atoms. The Morgan fingerprint density at radius 1 is 0.923 bits per heavy atom. The van der Waals surface area contributed by atoms with Crippen LogP contribution in [0.2, 0.25) is 0 Å². The fourth-order valence-corrected chi connectivity index (χ4v) is 4.67. The monoisotopic (exact) mass is 359 g/mol. The van der Waals surface area contributed by atoms with Crippen molar-refractivity contribution in [1.29, 1.82) is 0 Å². The van der Waals surface area contributed by atoms with Gasteiger partial charge in [-0.2, -0.15) is 4.98 Å². The minimum atomic E-state index is 0.435. The van der Waals surface area contributed by atoms with Crippen LogP contribution in [0, 0.1) is 6.92 Å². The number of aromatic nitrogens is 2. The Morgan fingerprint density at radius 2 is 1.69 bits per heavy atom. The SMILES string of the molecule is CO[C@H]1CCN(C2CCN(c3cc(C)nc(N4CCCCC4)n3)CC2)C1. The molecule has 3 aliphatic rings. The number of hydrogen-bond acceptors (Lipinski definition) is 6. The lowest BCUT2D eigenvalue weighted by molar-refractivity contribution is 0.0974. The number of likely N-dealkylation sites (tertiary alicyclic amines) is 1. The molecule has 0 saturated carbocycles. The third kappa shape index (κ3) is 3.96. The van der Waals surface area contributed by atoms with Crippen LogP contribution in [0.4, 0.5) is 11.8 Å². The molecule has 0 spiro atoms. The van der Waals surface area contributed by atoms with E-state index in [0.29, 0.717) is 12.1 Å². The molecule has 6 heteroatoms. The molecule has 3 aliphatic heterocycles. The number of hydrogen-bond donors (Lipinski definition) is 0. The first-order valence-electron chi connectivity index (χ1n) is 10.4. The van der Waals surface area contributed by atoms with Gasteiger partial charge in [0.1, 0.15) is 5.82 Å². The lowest BCUT2D eigenvalue weighted by atomic mass is 10.0. The van der Waals surface area contributed by atoms with E-state index in [-0.39, 0.29) is 0 Å². The van der Waals surface area contributed by atoms with E-state index >= 15 is 0 Å². The molecule has 0 amide bonds. The van der Waals surface area contributed by atoms with Crippen molar-refractivity contribution in [2.24, 2.45) is 0 Å². The van der Waals surface area contributed by atoms with Crippen molar-refractivity contribution in [1.82, 2.24) is 14.9 Å². The minimum absolute atomic E-state index is 0.435. The summed E-state index contributed by atoms with van der Waals surface area (Å²) in [5.74, 6) is 2.05. The van der Waals surface area contributed by atoms with Crippen molar-refractivity contribution in [3.63, 3.8) is 0 Å². The molecule has 1 aromatic rings. The van der Waals surface area contributed by atoms with Gasteiger partial charge >= 0.3 is 0 Å². The number of ether oxygens (including phenoxy) is 1. The summed E-state index contributed by atoms with van der Waals surface area (Å²) in [6, 6.07) is 2.86. The molecular formula is C20H33N5O. The van der Waals surface area contributed by atoms with Crippen molar-refractivity contribution in [2.75, 3.05) is 56.2 Å². The summed E-state index contributed by atoms with van der Waals surface area (Å²) in [7, 11) is 1.84. The molecule has 0 unspecified atom stereocenters. The quantitative estimate of drug-likeness (QED) is 0.823. The number of anilines is 2. The van der Waals surface area contributed by atoms with Crippen molar-refractivity contribution >= 4 is 11.8 Å². The van der Waals surface area contributed by atoms with E-state index in [4.69, 9.17) is 14.7 Å². The topological polar surface area (TPSA) is 44.7 Å². The number of rotatable bonds is 4. The zero-order valence-electron chi connectivity index (χ0n) is 16.4. The maximum Gasteiger partial charge on any atom is 0.227 e. The van der Waals surface area contributed by atoms with Gasteiger partial charge in [-0.15, -0.1) is 0 Å². The molecule has 0 aliphatic carbocycles. The summed E-state index contributed by atoms with van der Waals surface area (Å²) >= 11 is 0. The fourth-order valence-electron chi connectivity index (χ4n) is 4.67. The summed E-state index contributed by atoms with van der Waals surface area (Å²) in [6.07, 6.45) is 7.91. The van der Waals surface area contributed by atoms with Crippen LogP contribution in [0.25, 0.3) is 0 Å². The number of nitrogens with zero attached hydrogens (tertiary/aromatic N) is 5. The predicted octanol–water partition coefficient (Wildman–Crippen LogP) is 2.46. The largest absolute Gasteiger partial charge is 0.380 e. The van der Waals surface area contributed by atoms with Crippen molar-refractivity contribution in [2.45, 2.75) is 57.6 Å². The second-order valence-electron chi connectivity index (χ2n) is 8.07. The van der Waals surface area contributed by atoms with Crippen LogP contribution in [-0.4, -0.2) is 73.4 Å². The molecule has 4 rings (SSSR count). The Balaban J connectivity index is 1.39. The summed E-state index contributed by atoms with van der Waals surface area (Å²) in [6.45, 7) is 8.77. The van der Waals surface area contributed by atoms with Gasteiger partial charge in [0.2, 0.25) is 5.95 Å². The molecule has 0 aromatic carbocycles. The first-order chi connectivity index (χ1) is 12.7. The zero-order chi connectivity index (χ0) is 17.9. The first kappa shape index (κ1) is 18.0. The zero-order valence-corrected chi connectivity index (χ0v) is 16.4. The van der Waals surface area contributed by atoms with Crippen LogP contribution in [0.15, 0.2) is 6.07 Å². The van der Waals surface area contributed by atoms with Crippen LogP contribution in [0.1, 0.15) is 44.2 Å². The van der Waals surface area contributed by atoms with E-state index in [0.717, 1.165) is 50.2 Å². The summed E-state index contributed by atoms with van der Waals surface area (Å²) < 4.78 is 5.53. The Kier molecular flexibility index (Phi) is 5.60. The van der Waals surface area contributed by atoms with Gasteiger partial charge in [-0.25, -0.2) is 4.98 Å². The molecule has 0 radical (unpaired) electrons. The van der Waals surface area contributed by atoms with E-state index in [1.807, 2.05) is 7.11 Å². The van der Waals surface area contributed by atoms with Gasteiger partial charge in [-0.1, -0.05) is 0 Å². The molecule has 0 N–H and O–H groups in total. The minimum Gasteiger partial charge on any atom is -0.380 e. The molecule has 1 atom stereocenters. The van der Waals surface area contributed by atoms with Gasteiger partial charge in [0, 0.05) is 64.2 Å². The van der Waals surface area contributed by atoms with Crippen molar-refractivity contribution in [3.05, 3.63) is 11.8 Å². The van der Waals surface area contributed by atoms with E-state index in [1.165, 1.54) is 45.1 Å². The first-order valence-corrected chi connectivity index (χ1v) is 10.4. The lowest BCUT2D eigenvalue weighted by Gasteiger charge is -2.37. The molecule has 1 aromatic heterocycles. The Morgan fingerprint density at radius 3 is 2.38 bits per heavy atom. The summed E-state index contributed by atoms with van der Waals surface area (Å²) in [5, 5.41) is 0. The van der Waals surface area contributed by atoms with Crippen LogP contribution in [0.3, 0.4) is 0 Å². The van der Waals surface area contributed by atoms with E-state index in [1.54, 1.807) is 0 Å². The van der Waals surface area contributed by atoms with E-state index < -0.39 is 0 Å². The van der Waals surface area contributed by atoms with Crippen LogP contribution in [-0.2, 0) is 4.74 Å². The van der Waals surface area contributed by atoms with Crippen LogP contribution < -0.4 is 9.80 Å². The third-order valence-corrected chi connectivity index (χ3v) is 6.28. The molecule has 6 nitrogen and oxygen atoms in total. The highest BCUT2D eigenvalue weighted by Crippen LogP contribution is 2.26. The average molecular weight is 360 g/mol. The van der Waals surface area contributed by atoms with E-state index in [9.17, 15) is 0 Å². The third-order valence-electron chi connectivity index (χ3n) is 6.28. The number of aryl methyl sites for hydroxylation is 1. The summed E-state index contributed by atoms with van der Waals surface area (Å²) in [5.41, 5.74) is 1.08. The number of piperidine rings is 2. The van der Waals surface area contributed by atoms with Crippen LogP contribution >= 0.6 is 0 Å². The normalized spacial score (nSPS) is 25.8.